The van der Waals surface area contributed by atoms with Gasteiger partial charge < -0.3 is 4.90 Å². The molecule has 1 aromatic rings. The predicted molar refractivity (Wildman–Crippen MR) is 88.2 cm³/mol. The smallest absolute Gasteiger partial charge is 0.241 e. The number of amides is 1. The molecule has 1 saturated heterocycles. The molecule has 3 unspecified atom stereocenters. The fourth-order valence-corrected chi connectivity index (χ4v) is 3.67. The molecule has 1 fully saturated rings. The van der Waals surface area contributed by atoms with Crippen LogP contribution in [-0.2, 0) is 4.79 Å². The van der Waals surface area contributed by atoms with Crippen LogP contribution in [0, 0.1) is 0 Å². The Bertz CT molecular complexity index is 422. The van der Waals surface area contributed by atoms with Gasteiger partial charge in [0.1, 0.15) is 6.17 Å². The largest absolute Gasteiger partial charge is 0.321 e. The molecule has 0 aromatic carbocycles. The fraction of sp³-hybridized carbons (Fsp3) is 0.667. The molecule has 1 aromatic heterocycles. The van der Waals surface area contributed by atoms with Crippen LogP contribution in [0.1, 0.15) is 44.2 Å². The van der Waals surface area contributed by atoms with Crippen molar-refractivity contribution < 1.29 is 4.79 Å². The highest BCUT2D eigenvalue weighted by molar-refractivity contribution is 7.99. The summed E-state index contributed by atoms with van der Waals surface area (Å²) < 4.78 is 0. The molecule has 1 amide bonds. The van der Waals surface area contributed by atoms with Crippen molar-refractivity contribution in [1.82, 2.24) is 10.2 Å². The Hall–Kier alpha value is -0.520. The molecule has 1 aliphatic rings. The van der Waals surface area contributed by atoms with Crippen LogP contribution in [-0.4, -0.2) is 34.9 Å². The van der Waals surface area contributed by atoms with Gasteiger partial charge >= 0.3 is 0 Å². The first-order chi connectivity index (χ1) is 9.67. The summed E-state index contributed by atoms with van der Waals surface area (Å²) >= 11 is 3.59. The van der Waals surface area contributed by atoms with Gasteiger partial charge in [-0.15, -0.1) is 11.3 Å². The number of hydrogen-bond donors (Lipinski definition) is 1. The highest BCUT2D eigenvalue weighted by Gasteiger charge is 2.39. The topological polar surface area (TPSA) is 32.3 Å². The van der Waals surface area contributed by atoms with E-state index >= 15 is 0 Å². The molecule has 112 valence electrons. The average molecular weight is 313 g/mol. The minimum Gasteiger partial charge on any atom is -0.321 e. The maximum absolute atomic E-state index is 12.6. The number of hydrogen-bond acceptors (Lipinski definition) is 4. The molecule has 20 heavy (non-hydrogen) atoms. The minimum absolute atomic E-state index is 0.00307. The van der Waals surface area contributed by atoms with E-state index in [2.05, 4.69) is 42.9 Å². The molecule has 0 aliphatic carbocycles. The van der Waals surface area contributed by atoms with E-state index in [0.717, 1.165) is 25.8 Å². The van der Waals surface area contributed by atoms with Crippen molar-refractivity contribution in [1.29, 1.82) is 0 Å². The molecule has 3 atom stereocenters. The summed E-state index contributed by atoms with van der Waals surface area (Å²) in [6.45, 7) is 5.20. The second-order valence-electron chi connectivity index (χ2n) is 5.29. The number of carbonyl (C=O) groups excluding carboxylic acids is 1. The van der Waals surface area contributed by atoms with Gasteiger partial charge in [-0.3, -0.25) is 10.1 Å². The van der Waals surface area contributed by atoms with Gasteiger partial charge in [-0.1, -0.05) is 26.3 Å². The number of carbonyl (C=O) groups is 1. The second kappa shape index (κ2) is 7.48. The summed E-state index contributed by atoms with van der Waals surface area (Å²) in [5.74, 6) is 0.276. The molecule has 0 bridgehead atoms. The van der Waals surface area contributed by atoms with Crippen molar-refractivity contribution in [3.05, 3.63) is 22.4 Å². The minimum atomic E-state index is -0.00307. The standard InChI is InChI=1S/C15H24N2OS2/c1-4-6-12-15(18)17(9-8-11(2)19-3)14(16-12)13-7-5-10-20-13/h5,7,10-12,14,16H,4,6,8-9H2,1-3H3. The molecule has 3 nitrogen and oxygen atoms in total. The van der Waals surface area contributed by atoms with E-state index in [1.165, 1.54) is 4.88 Å². The third kappa shape index (κ3) is 3.57. The van der Waals surface area contributed by atoms with Gasteiger partial charge in [0.15, 0.2) is 0 Å². The van der Waals surface area contributed by atoms with Gasteiger partial charge in [-0.05, 0) is 30.5 Å². The number of thiophene rings is 1. The lowest BCUT2D eigenvalue weighted by atomic mass is 10.1. The van der Waals surface area contributed by atoms with Gasteiger partial charge in [-0.2, -0.15) is 11.8 Å². The summed E-state index contributed by atoms with van der Waals surface area (Å²) in [5.41, 5.74) is 0. The maximum Gasteiger partial charge on any atom is 0.241 e. The van der Waals surface area contributed by atoms with E-state index in [9.17, 15) is 4.79 Å². The quantitative estimate of drug-likeness (QED) is 0.836. The monoisotopic (exact) mass is 312 g/mol. The lowest BCUT2D eigenvalue weighted by molar-refractivity contribution is -0.130. The predicted octanol–water partition coefficient (Wildman–Crippen LogP) is 3.49. The van der Waals surface area contributed by atoms with Crippen LogP contribution in [0.3, 0.4) is 0 Å². The van der Waals surface area contributed by atoms with Crippen molar-refractivity contribution in [3.8, 4) is 0 Å². The van der Waals surface area contributed by atoms with Gasteiger partial charge in [0.2, 0.25) is 5.91 Å². The van der Waals surface area contributed by atoms with Gasteiger partial charge in [0.05, 0.1) is 6.04 Å². The van der Waals surface area contributed by atoms with E-state index in [4.69, 9.17) is 0 Å². The van der Waals surface area contributed by atoms with Crippen LogP contribution in [0.15, 0.2) is 17.5 Å². The molecular weight excluding hydrogens is 288 g/mol. The Morgan fingerprint density at radius 2 is 2.35 bits per heavy atom. The zero-order valence-electron chi connectivity index (χ0n) is 12.5. The normalized spacial score (nSPS) is 24.4. The number of thioether (sulfide) groups is 1. The SMILES string of the molecule is CCCC1NC(c2cccs2)N(CCC(C)SC)C1=O. The molecule has 1 aliphatic heterocycles. The fourth-order valence-electron chi connectivity index (χ4n) is 2.54. The summed E-state index contributed by atoms with van der Waals surface area (Å²) in [7, 11) is 0. The molecule has 1 N–H and O–H groups in total. The maximum atomic E-state index is 12.6. The zero-order valence-corrected chi connectivity index (χ0v) is 14.1. The first-order valence-corrected chi connectivity index (χ1v) is 9.46. The van der Waals surface area contributed by atoms with Crippen molar-refractivity contribution in [2.75, 3.05) is 12.8 Å². The Balaban J connectivity index is 2.08. The number of nitrogens with zero attached hydrogens (tertiary/aromatic N) is 1. The lowest BCUT2D eigenvalue weighted by Crippen LogP contribution is -2.32. The summed E-state index contributed by atoms with van der Waals surface area (Å²) in [6, 6.07) is 4.17. The van der Waals surface area contributed by atoms with Crippen molar-refractivity contribution in [2.24, 2.45) is 0 Å². The van der Waals surface area contributed by atoms with Gasteiger partial charge in [0.25, 0.3) is 0 Å². The molecular formula is C15H24N2OS2. The Kier molecular flexibility index (Phi) is 5.93. The van der Waals surface area contributed by atoms with Crippen LogP contribution in [0.5, 0.6) is 0 Å². The van der Waals surface area contributed by atoms with Crippen LogP contribution in [0.2, 0.25) is 0 Å². The highest BCUT2D eigenvalue weighted by Crippen LogP contribution is 2.30. The third-order valence-corrected chi connectivity index (χ3v) is 5.79. The van der Waals surface area contributed by atoms with E-state index in [-0.39, 0.29) is 18.1 Å². The number of nitrogens with one attached hydrogen (secondary N) is 1. The number of rotatable bonds is 7. The zero-order chi connectivity index (χ0) is 14.5. The van der Waals surface area contributed by atoms with E-state index in [1.54, 1.807) is 11.3 Å². The van der Waals surface area contributed by atoms with Crippen molar-refractivity contribution in [3.63, 3.8) is 0 Å². The Labute approximate surface area is 130 Å². The van der Waals surface area contributed by atoms with Crippen LogP contribution in [0.25, 0.3) is 0 Å². The molecule has 2 heterocycles. The molecule has 5 heteroatoms. The van der Waals surface area contributed by atoms with Crippen LogP contribution in [0.4, 0.5) is 0 Å². The van der Waals surface area contributed by atoms with E-state index < -0.39 is 0 Å². The average Bonchev–Trinajstić information content (AvgIpc) is 3.06. The first-order valence-electron chi connectivity index (χ1n) is 7.30. The molecule has 0 saturated carbocycles. The summed E-state index contributed by atoms with van der Waals surface area (Å²) in [6.07, 6.45) is 5.22. The Morgan fingerprint density at radius 1 is 1.55 bits per heavy atom. The first kappa shape index (κ1) is 15.9. The van der Waals surface area contributed by atoms with E-state index in [0.29, 0.717) is 5.25 Å². The van der Waals surface area contributed by atoms with E-state index in [1.807, 2.05) is 16.7 Å². The molecule has 0 radical (unpaired) electrons. The molecule has 2 rings (SSSR count). The Morgan fingerprint density at radius 3 is 2.95 bits per heavy atom. The van der Waals surface area contributed by atoms with Crippen LogP contribution >= 0.6 is 23.1 Å². The lowest BCUT2D eigenvalue weighted by Gasteiger charge is -2.24. The second-order valence-corrected chi connectivity index (χ2v) is 7.55. The highest BCUT2D eigenvalue weighted by atomic mass is 32.2. The van der Waals surface area contributed by atoms with Crippen LogP contribution < -0.4 is 5.32 Å². The van der Waals surface area contributed by atoms with Gasteiger partial charge in [-0.25, -0.2) is 0 Å². The molecule has 0 spiro atoms. The third-order valence-electron chi connectivity index (χ3n) is 3.82. The van der Waals surface area contributed by atoms with Crippen molar-refractivity contribution in [2.45, 2.75) is 50.6 Å². The van der Waals surface area contributed by atoms with Gasteiger partial charge in [0, 0.05) is 16.7 Å². The van der Waals surface area contributed by atoms with Crippen molar-refractivity contribution >= 4 is 29.0 Å². The summed E-state index contributed by atoms with van der Waals surface area (Å²) in [4.78, 5) is 15.8. The summed E-state index contributed by atoms with van der Waals surface area (Å²) in [5, 5.41) is 6.19.